The molecule has 0 saturated carbocycles. The van der Waals surface area contributed by atoms with Crippen molar-refractivity contribution in [2.75, 3.05) is 19.6 Å². The lowest BCUT2D eigenvalue weighted by atomic mass is 9.90. The van der Waals surface area contributed by atoms with Crippen LogP contribution in [0, 0.1) is 5.92 Å². The van der Waals surface area contributed by atoms with Crippen molar-refractivity contribution >= 4 is 0 Å². The van der Waals surface area contributed by atoms with E-state index in [1.165, 1.54) is 44.3 Å². The molecular formula is C19H32N2. The Bertz CT molecular complexity index is 382. The van der Waals surface area contributed by atoms with Crippen LogP contribution in [0.2, 0.25) is 0 Å². The summed E-state index contributed by atoms with van der Waals surface area (Å²) in [5.41, 5.74) is 1.42. The summed E-state index contributed by atoms with van der Waals surface area (Å²) < 4.78 is 0. The van der Waals surface area contributed by atoms with Crippen molar-refractivity contribution in [1.29, 1.82) is 0 Å². The highest BCUT2D eigenvalue weighted by atomic mass is 15.2. The van der Waals surface area contributed by atoms with Crippen molar-refractivity contribution in [2.24, 2.45) is 5.92 Å². The van der Waals surface area contributed by atoms with Crippen molar-refractivity contribution in [1.82, 2.24) is 10.2 Å². The number of rotatable bonds is 7. The predicted octanol–water partition coefficient (Wildman–Crippen LogP) is 4.24. The first-order valence-electron chi connectivity index (χ1n) is 8.78. The molecule has 21 heavy (non-hydrogen) atoms. The van der Waals surface area contributed by atoms with Gasteiger partial charge in [-0.1, -0.05) is 57.0 Å². The van der Waals surface area contributed by atoms with Crippen LogP contribution in [0.5, 0.6) is 0 Å². The van der Waals surface area contributed by atoms with Crippen LogP contribution < -0.4 is 5.32 Å². The fourth-order valence-corrected chi connectivity index (χ4v) is 3.72. The lowest BCUT2D eigenvalue weighted by molar-refractivity contribution is 0.113. The third-order valence-electron chi connectivity index (χ3n) is 4.99. The van der Waals surface area contributed by atoms with Gasteiger partial charge in [-0.05, 0) is 50.9 Å². The average molecular weight is 288 g/mol. The van der Waals surface area contributed by atoms with Gasteiger partial charge in [-0.2, -0.15) is 0 Å². The monoisotopic (exact) mass is 288 g/mol. The van der Waals surface area contributed by atoms with Gasteiger partial charge in [0, 0.05) is 12.1 Å². The lowest BCUT2D eigenvalue weighted by Crippen LogP contribution is -2.46. The SMILES string of the molecule is CCCC1CCN(C(C)C(NCC)c2ccccc2)CC1. The van der Waals surface area contributed by atoms with Crippen LogP contribution >= 0.6 is 0 Å². The fraction of sp³-hybridized carbons (Fsp3) is 0.684. The highest BCUT2D eigenvalue weighted by Gasteiger charge is 2.27. The van der Waals surface area contributed by atoms with E-state index in [4.69, 9.17) is 0 Å². The molecule has 0 aliphatic carbocycles. The van der Waals surface area contributed by atoms with Gasteiger partial charge in [-0.15, -0.1) is 0 Å². The van der Waals surface area contributed by atoms with Crippen molar-refractivity contribution in [3.63, 3.8) is 0 Å². The minimum absolute atomic E-state index is 0.443. The van der Waals surface area contributed by atoms with Crippen LogP contribution in [0.4, 0.5) is 0 Å². The molecule has 1 aliphatic rings. The second kappa shape index (κ2) is 8.55. The Balaban J connectivity index is 1.98. The standard InChI is InChI=1S/C19H32N2/c1-4-9-17-12-14-21(15-13-17)16(3)19(20-5-2)18-10-7-6-8-11-18/h6-8,10-11,16-17,19-20H,4-5,9,12-15H2,1-3H3. The Morgan fingerprint density at radius 2 is 1.81 bits per heavy atom. The first kappa shape index (κ1) is 16.5. The summed E-state index contributed by atoms with van der Waals surface area (Å²) in [6.45, 7) is 10.5. The average Bonchev–Trinajstić information content (AvgIpc) is 2.54. The van der Waals surface area contributed by atoms with E-state index in [0.29, 0.717) is 12.1 Å². The summed E-state index contributed by atoms with van der Waals surface area (Å²) in [7, 11) is 0. The molecule has 1 aliphatic heterocycles. The van der Waals surface area contributed by atoms with Gasteiger partial charge < -0.3 is 5.32 Å². The van der Waals surface area contributed by atoms with E-state index in [-0.39, 0.29) is 0 Å². The molecule has 0 amide bonds. The van der Waals surface area contributed by atoms with Crippen LogP contribution in [0.1, 0.15) is 58.1 Å². The number of benzene rings is 1. The number of piperidine rings is 1. The third-order valence-corrected chi connectivity index (χ3v) is 4.99. The molecule has 1 saturated heterocycles. The van der Waals surface area contributed by atoms with Gasteiger partial charge in [0.15, 0.2) is 0 Å². The van der Waals surface area contributed by atoms with E-state index >= 15 is 0 Å². The van der Waals surface area contributed by atoms with Gasteiger partial charge in [-0.3, -0.25) is 4.90 Å². The molecule has 2 rings (SSSR count). The lowest BCUT2D eigenvalue weighted by Gasteiger charge is -2.40. The summed E-state index contributed by atoms with van der Waals surface area (Å²) in [6.07, 6.45) is 5.51. The molecule has 2 atom stereocenters. The molecule has 1 heterocycles. The zero-order chi connectivity index (χ0) is 15.1. The maximum Gasteiger partial charge on any atom is 0.0475 e. The van der Waals surface area contributed by atoms with E-state index in [0.717, 1.165) is 12.5 Å². The number of nitrogens with zero attached hydrogens (tertiary/aromatic N) is 1. The Hall–Kier alpha value is -0.860. The summed E-state index contributed by atoms with van der Waals surface area (Å²) in [4.78, 5) is 2.69. The highest BCUT2D eigenvalue weighted by molar-refractivity contribution is 5.20. The molecule has 2 nitrogen and oxygen atoms in total. The van der Waals surface area contributed by atoms with Gasteiger partial charge in [0.2, 0.25) is 0 Å². The van der Waals surface area contributed by atoms with E-state index in [1.54, 1.807) is 0 Å². The van der Waals surface area contributed by atoms with Gasteiger partial charge in [-0.25, -0.2) is 0 Å². The Morgan fingerprint density at radius 1 is 1.14 bits per heavy atom. The molecule has 1 fully saturated rings. The minimum atomic E-state index is 0.443. The van der Waals surface area contributed by atoms with E-state index in [2.05, 4.69) is 61.3 Å². The van der Waals surface area contributed by atoms with Crippen molar-refractivity contribution < 1.29 is 0 Å². The van der Waals surface area contributed by atoms with Crippen LogP contribution in [-0.4, -0.2) is 30.6 Å². The molecule has 1 aromatic rings. The number of likely N-dealkylation sites (tertiary alicyclic amines) is 1. The van der Waals surface area contributed by atoms with Gasteiger partial charge >= 0.3 is 0 Å². The molecule has 0 spiro atoms. The predicted molar refractivity (Wildman–Crippen MR) is 91.5 cm³/mol. The minimum Gasteiger partial charge on any atom is -0.309 e. The van der Waals surface area contributed by atoms with E-state index in [9.17, 15) is 0 Å². The molecule has 0 aromatic heterocycles. The topological polar surface area (TPSA) is 15.3 Å². The Kier molecular flexibility index (Phi) is 6.72. The zero-order valence-electron chi connectivity index (χ0n) is 14.0. The van der Waals surface area contributed by atoms with Crippen LogP contribution in [0.15, 0.2) is 30.3 Å². The number of hydrogen-bond donors (Lipinski definition) is 1. The quantitative estimate of drug-likeness (QED) is 0.807. The van der Waals surface area contributed by atoms with Crippen LogP contribution in [0.25, 0.3) is 0 Å². The molecular weight excluding hydrogens is 256 g/mol. The van der Waals surface area contributed by atoms with Crippen molar-refractivity contribution in [3.8, 4) is 0 Å². The molecule has 0 radical (unpaired) electrons. The van der Waals surface area contributed by atoms with Gasteiger partial charge in [0.1, 0.15) is 0 Å². The maximum absolute atomic E-state index is 3.69. The van der Waals surface area contributed by atoms with Crippen molar-refractivity contribution in [2.45, 2.75) is 58.5 Å². The molecule has 118 valence electrons. The smallest absolute Gasteiger partial charge is 0.0475 e. The van der Waals surface area contributed by atoms with Crippen LogP contribution in [0.3, 0.4) is 0 Å². The first-order valence-corrected chi connectivity index (χ1v) is 8.78. The largest absolute Gasteiger partial charge is 0.309 e. The summed E-state index contributed by atoms with van der Waals surface area (Å²) in [6, 6.07) is 11.9. The zero-order valence-corrected chi connectivity index (χ0v) is 14.0. The van der Waals surface area contributed by atoms with E-state index in [1.807, 2.05) is 0 Å². The molecule has 0 bridgehead atoms. The van der Waals surface area contributed by atoms with Gasteiger partial charge in [0.25, 0.3) is 0 Å². The number of hydrogen-bond acceptors (Lipinski definition) is 2. The molecule has 1 aromatic carbocycles. The first-order chi connectivity index (χ1) is 10.3. The number of likely N-dealkylation sites (N-methyl/N-ethyl adjacent to an activating group) is 1. The normalized spacial score (nSPS) is 20.3. The summed E-state index contributed by atoms with van der Waals surface area (Å²) >= 11 is 0. The van der Waals surface area contributed by atoms with Gasteiger partial charge in [0.05, 0.1) is 0 Å². The number of nitrogens with one attached hydrogen (secondary N) is 1. The highest BCUT2D eigenvalue weighted by Crippen LogP contribution is 2.27. The Labute approximate surface area is 130 Å². The van der Waals surface area contributed by atoms with E-state index < -0.39 is 0 Å². The van der Waals surface area contributed by atoms with Crippen LogP contribution in [-0.2, 0) is 0 Å². The molecule has 2 heteroatoms. The maximum atomic E-state index is 3.69. The second-order valence-electron chi connectivity index (χ2n) is 6.45. The summed E-state index contributed by atoms with van der Waals surface area (Å²) in [5, 5.41) is 3.69. The second-order valence-corrected chi connectivity index (χ2v) is 6.45. The molecule has 1 N–H and O–H groups in total. The van der Waals surface area contributed by atoms with Crippen molar-refractivity contribution in [3.05, 3.63) is 35.9 Å². The third kappa shape index (κ3) is 4.55. The molecule has 2 unspecified atom stereocenters. The fourth-order valence-electron chi connectivity index (χ4n) is 3.72. The Morgan fingerprint density at radius 3 is 2.38 bits per heavy atom. The summed E-state index contributed by atoms with van der Waals surface area (Å²) in [5.74, 6) is 0.966.